The molecule has 2 N–H and O–H groups in total. The Bertz CT molecular complexity index is 647. The zero-order valence-electron chi connectivity index (χ0n) is 9.67. The molecule has 0 aliphatic heterocycles. The monoisotopic (exact) mass is 277 g/mol. The third-order valence-electron chi connectivity index (χ3n) is 2.46. The van der Waals surface area contributed by atoms with E-state index < -0.39 is 0 Å². The predicted molar refractivity (Wildman–Crippen MR) is 76.4 cm³/mol. The minimum Gasteiger partial charge on any atom is -0.364 e. The quantitative estimate of drug-likeness (QED) is 0.768. The van der Waals surface area contributed by atoms with E-state index in [-0.39, 0.29) is 0 Å². The van der Waals surface area contributed by atoms with Gasteiger partial charge >= 0.3 is 0 Å². The molecule has 3 aromatic heterocycles. The van der Waals surface area contributed by atoms with Crippen molar-refractivity contribution in [3.8, 4) is 0 Å². The minimum absolute atomic E-state index is 0.636. The number of aromatic nitrogens is 3. The van der Waals surface area contributed by atoms with Gasteiger partial charge in [0.15, 0.2) is 0 Å². The molecular formula is C11H11N5S2. The zero-order chi connectivity index (χ0) is 12.4. The van der Waals surface area contributed by atoms with Crippen molar-refractivity contribution < 1.29 is 0 Å². The number of hydrogen-bond donors (Lipinski definition) is 2. The van der Waals surface area contributed by atoms with E-state index in [4.69, 9.17) is 0 Å². The number of hydrogen-bond acceptors (Lipinski definition) is 7. The molecule has 92 valence electrons. The third-order valence-corrected chi connectivity index (χ3v) is 4.05. The predicted octanol–water partition coefficient (Wildman–Crippen LogP) is 2.80. The molecule has 0 amide bonds. The molecule has 0 fully saturated rings. The highest BCUT2D eigenvalue weighted by atomic mass is 32.1. The van der Waals surface area contributed by atoms with Gasteiger partial charge in [-0.15, -0.1) is 22.7 Å². The number of thiophene rings is 1. The highest BCUT2D eigenvalue weighted by Gasteiger charge is 2.08. The van der Waals surface area contributed by atoms with E-state index in [0.29, 0.717) is 5.95 Å². The van der Waals surface area contributed by atoms with Crippen molar-refractivity contribution in [2.75, 3.05) is 17.7 Å². The molecule has 0 unspecified atom stereocenters. The summed E-state index contributed by atoms with van der Waals surface area (Å²) in [6.45, 7) is 0.732. The normalized spacial score (nSPS) is 10.7. The molecule has 0 atom stereocenters. The summed E-state index contributed by atoms with van der Waals surface area (Å²) in [5.74, 6) is 1.50. The number of nitrogens with zero attached hydrogens (tertiary/aromatic N) is 3. The Morgan fingerprint density at radius 2 is 2.22 bits per heavy atom. The summed E-state index contributed by atoms with van der Waals surface area (Å²) in [7, 11) is 1.82. The van der Waals surface area contributed by atoms with Gasteiger partial charge in [-0.25, -0.2) is 4.98 Å². The van der Waals surface area contributed by atoms with Gasteiger partial charge < -0.3 is 10.6 Å². The second kappa shape index (κ2) is 4.87. The fraction of sp³-hybridized carbons (Fsp3) is 0.182. The highest BCUT2D eigenvalue weighted by Crippen LogP contribution is 2.26. The first-order valence-electron chi connectivity index (χ1n) is 5.41. The van der Waals surface area contributed by atoms with Gasteiger partial charge in [0.25, 0.3) is 0 Å². The van der Waals surface area contributed by atoms with Crippen LogP contribution < -0.4 is 10.6 Å². The van der Waals surface area contributed by atoms with Crippen LogP contribution in [-0.2, 0) is 6.54 Å². The molecule has 3 rings (SSSR count). The number of nitrogens with one attached hydrogen (secondary N) is 2. The van der Waals surface area contributed by atoms with Crippen LogP contribution in [0.1, 0.15) is 4.88 Å². The average molecular weight is 277 g/mol. The van der Waals surface area contributed by atoms with Crippen LogP contribution in [-0.4, -0.2) is 22.0 Å². The zero-order valence-corrected chi connectivity index (χ0v) is 11.3. The highest BCUT2D eigenvalue weighted by molar-refractivity contribution is 7.16. The van der Waals surface area contributed by atoms with Crippen LogP contribution in [0.25, 0.3) is 10.2 Å². The van der Waals surface area contributed by atoms with Crippen LogP contribution in [0.2, 0.25) is 0 Å². The molecule has 0 radical (unpaired) electrons. The van der Waals surface area contributed by atoms with Gasteiger partial charge in [-0.05, 0) is 11.4 Å². The van der Waals surface area contributed by atoms with Gasteiger partial charge in [-0.2, -0.15) is 4.98 Å². The molecule has 7 heteroatoms. The number of fused-ring (bicyclic) bond motifs is 1. The Labute approximate surface area is 112 Å². The lowest BCUT2D eigenvalue weighted by Gasteiger charge is -2.07. The van der Waals surface area contributed by atoms with Gasteiger partial charge in [0.05, 0.1) is 17.4 Å². The third kappa shape index (κ3) is 2.14. The van der Waals surface area contributed by atoms with E-state index in [1.807, 2.05) is 30.2 Å². The smallest absolute Gasteiger partial charge is 0.225 e. The Kier molecular flexibility index (Phi) is 3.07. The minimum atomic E-state index is 0.636. The molecule has 0 aliphatic carbocycles. The van der Waals surface area contributed by atoms with Crippen LogP contribution >= 0.6 is 22.7 Å². The van der Waals surface area contributed by atoms with Crippen molar-refractivity contribution in [3.05, 3.63) is 28.0 Å². The molecular weight excluding hydrogens is 266 g/mol. The van der Waals surface area contributed by atoms with E-state index in [9.17, 15) is 0 Å². The van der Waals surface area contributed by atoms with Crippen LogP contribution in [0, 0.1) is 0 Å². The summed E-state index contributed by atoms with van der Waals surface area (Å²) < 4.78 is 0. The lowest BCUT2D eigenvalue weighted by atomic mass is 10.3. The molecule has 0 bridgehead atoms. The Hall–Kier alpha value is -1.73. The first-order chi connectivity index (χ1) is 8.86. The molecule has 18 heavy (non-hydrogen) atoms. The fourth-order valence-corrected chi connectivity index (χ4v) is 2.90. The number of anilines is 2. The molecule has 3 heterocycles. The Balaban J connectivity index is 1.92. The maximum atomic E-state index is 4.45. The summed E-state index contributed by atoms with van der Waals surface area (Å²) in [4.78, 5) is 15.1. The van der Waals surface area contributed by atoms with E-state index in [1.54, 1.807) is 22.7 Å². The van der Waals surface area contributed by atoms with Crippen LogP contribution in [0.15, 0.2) is 23.2 Å². The lowest BCUT2D eigenvalue weighted by molar-refractivity contribution is 1.12. The Morgan fingerprint density at radius 1 is 1.28 bits per heavy atom. The maximum Gasteiger partial charge on any atom is 0.225 e. The van der Waals surface area contributed by atoms with E-state index >= 15 is 0 Å². The maximum absolute atomic E-state index is 4.45. The molecule has 0 aromatic carbocycles. The van der Waals surface area contributed by atoms with Crippen LogP contribution in [0.5, 0.6) is 0 Å². The van der Waals surface area contributed by atoms with Gasteiger partial charge in [-0.1, -0.05) is 0 Å². The van der Waals surface area contributed by atoms with Gasteiger partial charge in [0, 0.05) is 18.1 Å². The summed E-state index contributed by atoms with van der Waals surface area (Å²) in [5, 5.41) is 9.40. The van der Waals surface area contributed by atoms with Crippen molar-refractivity contribution in [3.63, 3.8) is 0 Å². The first kappa shape index (κ1) is 11.4. The summed E-state index contributed by atoms with van der Waals surface area (Å²) in [6.07, 6.45) is 1.86. The first-order valence-corrected chi connectivity index (χ1v) is 7.17. The molecule has 0 saturated heterocycles. The van der Waals surface area contributed by atoms with Gasteiger partial charge in [0.1, 0.15) is 10.6 Å². The molecule has 0 saturated carbocycles. The summed E-state index contributed by atoms with van der Waals surface area (Å²) >= 11 is 3.24. The average Bonchev–Trinajstić information content (AvgIpc) is 3.06. The van der Waals surface area contributed by atoms with Crippen molar-refractivity contribution in [1.82, 2.24) is 15.0 Å². The number of thiazole rings is 1. The van der Waals surface area contributed by atoms with Crippen LogP contribution in [0.3, 0.4) is 0 Å². The van der Waals surface area contributed by atoms with E-state index in [1.165, 1.54) is 4.88 Å². The second-order valence-corrected chi connectivity index (χ2v) is 5.47. The Morgan fingerprint density at radius 3 is 3.00 bits per heavy atom. The number of rotatable bonds is 4. The van der Waals surface area contributed by atoms with Gasteiger partial charge in [0.2, 0.25) is 5.95 Å². The molecule has 3 aromatic rings. The van der Waals surface area contributed by atoms with Crippen molar-refractivity contribution in [1.29, 1.82) is 0 Å². The molecule has 0 aliphatic rings. The molecule has 0 spiro atoms. The standard InChI is InChI=1S/C11H11N5S2/c1-12-11-15-9(8-2-3-17-10(8)16-11)14-5-7-4-13-6-18-7/h2-4,6H,5H2,1H3,(H2,12,14,15,16). The van der Waals surface area contributed by atoms with Crippen molar-refractivity contribution in [2.45, 2.75) is 6.54 Å². The topological polar surface area (TPSA) is 62.7 Å². The largest absolute Gasteiger partial charge is 0.364 e. The lowest BCUT2D eigenvalue weighted by Crippen LogP contribution is -2.04. The van der Waals surface area contributed by atoms with Crippen molar-refractivity contribution in [2.24, 2.45) is 0 Å². The second-order valence-electron chi connectivity index (χ2n) is 3.61. The molecule has 5 nitrogen and oxygen atoms in total. The van der Waals surface area contributed by atoms with E-state index in [0.717, 1.165) is 22.6 Å². The SMILES string of the molecule is CNc1nc(NCc2cncs2)c2ccsc2n1. The van der Waals surface area contributed by atoms with Gasteiger partial charge in [-0.3, -0.25) is 4.98 Å². The van der Waals surface area contributed by atoms with Crippen LogP contribution in [0.4, 0.5) is 11.8 Å². The van der Waals surface area contributed by atoms with Crippen molar-refractivity contribution >= 4 is 44.7 Å². The summed E-state index contributed by atoms with van der Waals surface area (Å²) in [6, 6.07) is 2.04. The van der Waals surface area contributed by atoms with E-state index in [2.05, 4.69) is 25.6 Å². The summed E-state index contributed by atoms with van der Waals surface area (Å²) in [5.41, 5.74) is 1.83. The fourth-order valence-electron chi connectivity index (χ4n) is 1.60.